The number of benzene rings is 1. The molecule has 1 heterocycles. The van der Waals surface area contributed by atoms with Gasteiger partial charge in [0.2, 0.25) is 0 Å². The molecule has 0 radical (unpaired) electrons. The van der Waals surface area contributed by atoms with E-state index in [0.717, 1.165) is 18.8 Å². The van der Waals surface area contributed by atoms with Gasteiger partial charge in [0.25, 0.3) is 0 Å². The van der Waals surface area contributed by atoms with Crippen LogP contribution in [0.3, 0.4) is 0 Å². The quantitative estimate of drug-likeness (QED) is 0.878. The van der Waals surface area contributed by atoms with Gasteiger partial charge in [0, 0.05) is 30.5 Å². The van der Waals surface area contributed by atoms with Gasteiger partial charge in [-0.1, -0.05) is 13.0 Å². The highest BCUT2D eigenvalue weighted by molar-refractivity contribution is 5.22. The van der Waals surface area contributed by atoms with Gasteiger partial charge in [-0.3, -0.25) is 0 Å². The molecule has 1 aromatic carbocycles. The molecule has 1 N–H and O–H groups in total. The number of aryl methyl sites for hydroxylation is 1. The Morgan fingerprint density at radius 2 is 2.00 bits per heavy atom. The van der Waals surface area contributed by atoms with Crippen molar-refractivity contribution in [3.05, 3.63) is 53.6 Å². The standard InChI is InChI=1S/C15H19F2N3/c1-3-8-20-9-7-18-14(20)10-19-11(2)15-12(16)5-4-6-13(15)17/h4-7,9,11,19H,3,8,10H2,1-2H3. The van der Waals surface area contributed by atoms with E-state index in [1.54, 1.807) is 13.1 Å². The highest BCUT2D eigenvalue weighted by Gasteiger charge is 2.16. The Bertz CT molecular complexity index is 546. The van der Waals surface area contributed by atoms with Crippen molar-refractivity contribution in [1.82, 2.24) is 14.9 Å². The zero-order valence-corrected chi connectivity index (χ0v) is 11.7. The third-order valence-corrected chi connectivity index (χ3v) is 3.27. The van der Waals surface area contributed by atoms with Crippen molar-refractivity contribution < 1.29 is 8.78 Å². The summed E-state index contributed by atoms with van der Waals surface area (Å²) < 4.78 is 29.4. The Labute approximate surface area is 117 Å². The molecule has 0 bridgehead atoms. The first-order valence-electron chi connectivity index (χ1n) is 6.80. The summed E-state index contributed by atoms with van der Waals surface area (Å²) in [5.41, 5.74) is 0.0705. The number of nitrogens with one attached hydrogen (secondary N) is 1. The molecule has 2 rings (SSSR count). The molecule has 1 unspecified atom stereocenters. The molecule has 20 heavy (non-hydrogen) atoms. The molecule has 0 aliphatic carbocycles. The number of nitrogens with zero attached hydrogens (tertiary/aromatic N) is 2. The molecule has 108 valence electrons. The van der Waals surface area contributed by atoms with Crippen LogP contribution in [-0.4, -0.2) is 9.55 Å². The third-order valence-electron chi connectivity index (χ3n) is 3.27. The van der Waals surface area contributed by atoms with Gasteiger partial charge in [-0.15, -0.1) is 0 Å². The molecule has 0 amide bonds. The van der Waals surface area contributed by atoms with E-state index in [2.05, 4.69) is 17.2 Å². The number of hydrogen-bond donors (Lipinski definition) is 1. The third kappa shape index (κ3) is 3.22. The van der Waals surface area contributed by atoms with Gasteiger partial charge < -0.3 is 9.88 Å². The average molecular weight is 279 g/mol. The van der Waals surface area contributed by atoms with Crippen molar-refractivity contribution in [1.29, 1.82) is 0 Å². The molecule has 5 heteroatoms. The molecule has 0 aliphatic heterocycles. The van der Waals surface area contributed by atoms with Crippen LogP contribution in [0.5, 0.6) is 0 Å². The Morgan fingerprint density at radius 3 is 2.65 bits per heavy atom. The molecule has 1 atom stereocenters. The molecule has 1 aromatic heterocycles. The maximum Gasteiger partial charge on any atom is 0.130 e. The fraction of sp³-hybridized carbons (Fsp3) is 0.400. The lowest BCUT2D eigenvalue weighted by molar-refractivity contribution is 0.475. The number of imidazole rings is 1. The molecule has 0 fully saturated rings. The number of rotatable bonds is 6. The lowest BCUT2D eigenvalue weighted by Crippen LogP contribution is -2.22. The predicted molar refractivity (Wildman–Crippen MR) is 74.1 cm³/mol. The van der Waals surface area contributed by atoms with Crippen LogP contribution in [0.25, 0.3) is 0 Å². The van der Waals surface area contributed by atoms with E-state index in [-0.39, 0.29) is 5.56 Å². The molecule has 0 saturated carbocycles. The van der Waals surface area contributed by atoms with Crippen molar-refractivity contribution in [2.45, 2.75) is 39.4 Å². The second-order valence-corrected chi connectivity index (χ2v) is 4.77. The summed E-state index contributed by atoms with van der Waals surface area (Å²) in [4.78, 5) is 4.26. The highest BCUT2D eigenvalue weighted by atomic mass is 19.1. The Hall–Kier alpha value is -1.75. The van der Waals surface area contributed by atoms with Gasteiger partial charge in [-0.05, 0) is 25.5 Å². The summed E-state index contributed by atoms with van der Waals surface area (Å²) in [6.07, 6.45) is 4.66. The molecule has 0 spiro atoms. The van der Waals surface area contributed by atoms with Crippen LogP contribution in [0.4, 0.5) is 8.78 Å². The van der Waals surface area contributed by atoms with Crippen LogP contribution in [0, 0.1) is 11.6 Å². The van der Waals surface area contributed by atoms with E-state index in [0.29, 0.717) is 6.54 Å². The van der Waals surface area contributed by atoms with Crippen molar-refractivity contribution in [2.75, 3.05) is 0 Å². The first-order chi connectivity index (χ1) is 9.63. The first kappa shape index (κ1) is 14.7. The largest absolute Gasteiger partial charge is 0.334 e. The fourth-order valence-corrected chi connectivity index (χ4v) is 2.22. The fourth-order valence-electron chi connectivity index (χ4n) is 2.22. The van der Waals surface area contributed by atoms with Crippen LogP contribution >= 0.6 is 0 Å². The monoisotopic (exact) mass is 279 g/mol. The molecule has 3 nitrogen and oxygen atoms in total. The first-order valence-corrected chi connectivity index (χ1v) is 6.80. The van der Waals surface area contributed by atoms with Crippen molar-refractivity contribution >= 4 is 0 Å². The normalized spacial score (nSPS) is 12.6. The van der Waals surface area contributed by atoms with E-state index < -0.39 is 17.7 Å². The summed E-state index contributed by atoms with van der Waals surface area (Å²) >= 11 is 0. The van der Waals surface area contributed by atoms with Crippen LogP contribution in [0.15, 0.2) is 30.6 Å². The maximum atomic E-state index is 13.7. The van der Waals surface area contributed by atoms with Crippen molar-refractivity contribution in [2.24, 2.45) is 0 Å². The van der Waals surface area contributed by atoms with Gasteiger partial charge in [-0.2, -0.15) is 0 Å². The lowest BCUT2D eigenvalue weighted by atomic mass is 10.1. The lowest BCUT2D eigenvalue weighted by Gasteiger charge is -2.16. The molecule has 0 aliphatic rings. The van der Waals surface area contributed by atoms with Crippen molar-refractivity contribution in [3.63, 3.8) is 0 Å². The van der Waals surface area contributed by atoms with Crippen LogP contribution in [0.1, 0.15) is 37.7 Å². The van der Waals surface area contributed by atoms with Crippen LogP contribution < -0.4 is 5.32 Å². The Balaban J connectivity index is 2.05. The van der Waals surface area contributed by atoms with E-state index in [9.17, 15) is 8.78 Å². The van der Waals surface area contributed by atoms with E-state index >= 15 is 0 Å². The Morgan fingerprint density at radius 1 is 1.30 bits per heavy atom. The smallest absolute Gasteiger partial charge is 0.130 e. The molecular weight excluding hydrogens is 260 g/mol. The number of hydrogen-bond acceptors (Lipinski definition) is 2. The van der Waals surface area contributed by atoms with Gasteiger partial charge in [0.15, 0.2) is 0 Å². The predicted octanol–water partition coefficient (Wildman–Crippen LogP) is 3.42. The summed E-state index contributed by atoms with van der Waals surface area (Å²) in [6, 6.07) is 3.50. The number of aromatic nitrogens is 2. The van der Waals surface area contributed by atoms with Crippen LogP contribution in [-0.2, 0) is 13.1 Å². The maximum absolute atomic E-state index is 13.7. The summed E-state index contributed by atoms with van der Waals surface area (Å²) in [5, 5.41) is 3.12. The van der Waals surface area contributed by atoms with Gasteiger partial charge in [0.05, 0.1) is 6.54 Å². The minimum atomic E-state index is -0.526. The highest BCUT2D eigenvalue weighted by Crippen LogP contribution is 2.20. The summed E-state index contributed by atoms with van der Waals surface area (Å²) in [6.45, 7) is 5.20. The molecule has 2 aromatic rings. The van der Waals surface area contributed by atoms with E-state index in [1.807, 2.05) is 10.8 Å². The Kier molecular flexibility index (Phi) is 4.84. The van der Waals surface area contributed by atoms with Gasteiger partial charge >= 0.3 is 0 Å². The van der Waals surface area contributed by atoms with Gasteiger partial charge in [-0.25, -0.2) is 13.8 Å². The number of halogens is 2. The zero-order valence-electron chi connectivity index (χ0n) is 11.7. The van der Waals surface area contributed by atoms with Crippen molar-refractivity contribution in [3.8, 4) is 0 Å². The summed E-state index contributed by atoms with van der Waals surface area (Å²) in [7, 11) is 0. The van der Waals surface area contributed by atoms with E-state index in [1.165, 1.54) is 18.2 Å². The average Bonchev–Trinajstić information content (AvgIpc) is 2.84. The topological polar surface area (TPSA) is 29.9 Å². The van der Waals surface area contributed by atoms with Gasteiger partial charge in [0.1, 0.15) is 17.5 Å². The second-order valence-electron chi connectivity index (χ2n) is 4.77. The minimum Gasteiger partial charge on any atom is -0.334 e. The van der Waals surface area contributed by atoms with E-state index in [4.69, 9.17) is 0 Å². The molecular formula is C15H19F2N3. The van der Waals surface area contributed by atoms with Crippen LogP contribution in [0.2, 0.25) is 0 Å². The SMILES string of the molecule is CCCn1ccnc1CNC(C)c1c(F)cccc1F. The minimum absolute atomic E-state index is 0.0705. The molecule has 0 saturated heterocycles. The second kappa shape index (κ2) is 6.61. The summed E-state index contributed by atoms with van der Waals surface area (Å²) in [5.74, 6) is -0.181. The zero-order chi connectivity index (χ0) is 14.5.